The first kappa shape index (κ1) is 21.2. The van der Waals surface area contributed by atoms with Gasteiger partial charge in [-0.3, -0.25) is 9.59 Å². The van der Waals surface area contributed by atoms with Crippen LogP contribution in [0.4, 0.5) is 11.4 Å². The standard InChI is InChI=1S/C26H24N2O4/c1-4-17-9-13-19(14-10-17)28-25(29)23(18-11-15-20(31-2)16-12-18)24(26(28)30)27-21-7-5-6-8-22(21)32-3/h5-16,27H,4H2,1-3H3. The van der Waals surface area contributed by atoms with E-state index in [1.54, 1.807) is 62.8 Å². The van der Waals surface area contributed by atoms with Gasteiger partial charge < -0.3 is 14.8 Å². The second-order valence-electron chi connectivity index (χ2n) is 7.27. The van der Waals surface area contributed by atoms with Crippen LogP contribution < -0.4 is 19.7 Å². The zero-order chi connectivity index (χ0) is 22.7. The number of benzene rings is 3. The van der Waals surface area contributed by atoms with Gasteiger partial charge in [-0.1, -0.05) is 43.3 Å². The first-order chi connectivity index (χ1) is 15.6. The lowest BCUT2D eigenvalue weighted by Crippen LogP contribution is -2.32. The molecule has 0 unspecified atom stereocenters. The van der Waals surface area contributed by atoms with Crippen molar-refractivity contribution in [3.8, 4) is 11.5 Å². The topological polar surface area (TPSA) is 67.9 Å². The highest BCUT2D eigenvalue weighted by Crippen LogP contribution is 2.36. The highest BCUT2D eigenvalue weighted by Gasteiger charge is 2.40. The molecule has 0 aromatic heterocycles. The van der Waals surface area contributed by atoms with Gasteiger partial charge in [0.1, 0.15) is 17.2 Å². The molecule has 0 atom stereocenters. The Labute approximate surface area is 187 Å². The predicted octanol–water partition coefficient (Wildman–Crippen LogP) is 4.66. The van der Waals surface area contributed by atoms with Crippen LogP contribution in [0.3, 0.4) is 0 Å². The van der Waals surface area contributed by atoms with Crippen LogP contribution in [-0.2, 0) is 16.0 Å². The number of methoxy groups -OCH3 is 2. The number of carbonyl (C=O) groups is 2. The number of imide groups is 1. The van der Waals surface area contributed by atoms with Crippen molar-refractivity contribution >= 4 is 28.8 Å². The largest absolute Gasteiger partial charge is 0.497 e. The number of hydrogen-bond acceptors (Lipinski definition) is 5. The Hall–Kier alpha value is -4.06. The van der Waals surface area contributed by atoms with Gasteiger partial charge in [-0.15, -0.1) is 0 Å². The van der Waals surface area contributed by atoms with E-state index in [9.17, 15) is 9.59 Å². The molecule has 3 aromatic rings. The van der Waals surface area contributed by atoms with Gasteiger partial charge in [0.2, 0.25) is 0 Å². The summed E-state index contributed by atoms with van der Waals surface area (Å²) in [5.74, 6) is 0.426. The van der Waals surface area contributed by atoms with E-state index >= 15 is 0 Å². The number of rotatable bonds is 7. The third-order valence-corrected chi connectivity index (χ3v) is 5.43. The van der Waals surface area contributed by atoms with Crippen LogP contribution in [0.5, 0.6) is 11.5 Å². The molecule has 0 saturated carbocycles. The molecule has 0 fully saturated rings. The number of amides is 2. The summed E-state index contributed by atoms with van der Waals surface area (Å²) in [6, 6.07) is 21.8. The number of aryl methyl sites for hydroxylation is 1. The number of hydrogen-bond donors (Lipinski definition) is 1. The van der Waals surface area contributed by atoms with Crippen molar-refractivity contribution in [1.82, 2.24) is 0 Å². The van der Waals surface area contributed by atoms with E-state index in [0.717, 1.165) is 12.0 Å². The average molecular weight is 428 g/mol. The lowest BCUT2D eigenvalue weighted by atomic mass is 10.0. The summed E-state index contributed by atoms with van der Waals surface area (Å²) < 4.78 is 10.6. The quantitative estimate of drug-likeness (QED) is 0.554. The second-order valence-corrected chi connectivity index (χ2v) is 7.27. The fraction of sp³-hybridized carbons (Fsp3) is 0.154. The van der Waals surface area contributed by atoms with Crippen molar-refractivity contribution in [2.24, 2.45) is 0 Å². The number of anilines is 2. The van der Waals surface area contributed by atoms with Gasteiger partial charge in [-0.25, -0.2) is 4.90 Å². The minimum absolute atomic E-state index is 0.198. The minimum atomic E-state index is -0.420. The van der Waals surface area contributed by atoms with Crippen molar-refractivity contribution in [3.05, 3.63) is 89.6 Å². The van der Waals surface area contributed by atoms with E-state index in [2.05, 4.69) is 12.2 Å². The van der Waals surface area contributed by atoms with Gasteiger partial charge in [0, 0.05) is 0 Å². The zero-order valence-corrected chi connectivity index (χ0v) is 18.2. The normalized spacial score (nSPS) is 13.5. The highest BCUT2D eigenvalue weighted by atomic mass is 16.5. The molecule has 0 spiro atoms. The van der Waals surface area contributed by atoms with E-state index in [1.807, 2.05) is 24.3 Å². The van der Waals surface area contributed by atoms with Crippen LogP contribution in [0, 0.1) is 0 Å². The number of ether oxygens (including phenoxy) is 2. The van der Waals surface area contributed by atoms with E-state index < -0.39 is 5.91 Å². The third-order valence-electron chi connectivity index (χ3n) is 5.43. The molecule has 3 aromatic carbocycles. The van der Waals surface area contributed by atoms with Gasteiger partial charge in [-0.05, 0) is 53.9 Å². The van der Waals surface area contributed by atoms with E-state index in [4.69, 9.17) is 9.47 Å². The first-order valence-corrected chi connectivity index (χ1v) is 10.3. The second kappa shape index (κ2) is 8.98. The molecule has 0 radical (unpaired) electrons. The van der Waals surface area contributed by atoms with Crippen molar-refractivity contribution in [1.29, 1.82) is 0 Å². The lowest BCUT2D eigenvalue weighted by Gasteiger charge is -2.16. The van der Waals surface area contributed by atoms with Crippen molar-refractivity contribution in [3.63, 3.8) is 0 Å². The number of nitrogens with zero attached hydrogens (tertiary/aromatic N) is 1. The van der Waals surface area contributed by atoms with Crippen molar-refractivity contribution in [2.45, 2.75) is 13.3 Å². The molecule has 4 rings (SSSR count). The molecular weight excluding hydrogens is 404 g/mol. The molecule has 1 N–H and O–H groups in total. The van der Waals surface area contributed by atoms with Gasteiger partial charge in [0.25, 0.3) is 11.8 Å². The Morgan fingerprint density at radius 1 is 0.812 bits per heavy atom. The van der Waals surface area contributed by atoms with Crippen LogP contribution in [-0.4, -0.2) is 26.0 Å². The summed E-state index contributed by atoms with van der Waals surface area (Å²) in [5.41, 5.74) is 3.37. The summed E-state index contributed by atoms with van der Waals surface area (Å²) in [6.07, 6.45) is 0.873. The maximum Gasteiger partial charge on any atom is 0.282 e. The molecule has 162 valence electrons. The van der Waals surface area contributed by atoms with Crippen LogP contribution >= 0.6 is 0 Å². The molecule has 0 saturated heterocycles. The molecule has 1 aliphatic heterocycles. The Bertz CT molecular complexity index is 1180. The Morgan fingerprint density at radius 2 is 1.50 bits per heavy atom. The van der Waals surface area contributed by atoms with Gasteiger partial charge in [0.05, 0.1) is 31.2 Å². The number of carbonyl (C=O) groups excluding carboxylic acids is 2. The van der Waals surface area contributed by atoms with Gasteiger partial charge in [-0.2, -0.15) is 0 Å². The van der Waals surface area contributed by atoms with Crippen LogP contribution in [0.15, 0.2) is 78.5 Å². The summed E-state index contributed by atoms with van der Waals surface area (Å²) >= 11 is 0. The van der Waals surface area contributed by atoms with Crippen LogP contribution in [0.2, 0.25) is 0 Å². The summed E-state index contributed by atoms with van der Waals surface area (Å²) in [5, 5.41) is 3.15. The molecule has 2 amide bonds. The summed E-state index contributed by atoms with van der Waals surface area (Å²) in [6.45, 7) is 2.06. The summed E-state index contributed by atoms with van der Waals surface area (Å²) in [7, 11) is 3.14. The van der Waals surface area contributed by atoms with Gasteiger partial charge >= 0.3 is 0 Å². The van der Waals surface area contributed by atoms with E-state index in [1.165, 1.54) is 4.90 Å². The van der Waals surface area contributed by atoms with Crippen LogP contribution in [0.1, 0.15) is 18.1 Å². The zero-order valence-electron chi connectivity index (χ0n) is 18.2. The molecule has 6 nitrogen and oxygen atoms in total. The number of para-hydroxylation sites is 2. The number of nitrogens with one attached hydrogen (secondary N) is 1. The first-order valence-electron chi connectivity index (χ1n) is 10.3. The molecule has 0 bridgehead atoms. The monoisotopic (exact) mass is 428 g/mol. The van der Waals surface area contributed by atoms with E-state index in [-0.39, 0.29) is 11.6 Å². The third kappa shape index (κ3) is 3.83. The van der Waals surface area contributed by atoms with Crippen molar-refractivity contribution < 1.29 is 19.1 Å². The smallest absolute Gasteiger partial charge is 0.282 e. The van der Waals surface area contributed by atoms with E-state index in [0.29, 0.717) is 34.0 Å². The molecule has 6 heteroatoms. The minimum Gasteiger partial charge on any atom is -0.497 e. The highest BCUT2D eigenvalue weighted by molar-refractivity contribution is 6.46. The maximum absolute atomic E-state index is 13.5. The molecule has 1 heterocycles. The van der Waals surface area contributed by atoms with Crippen LogP contribution in [0.25, 0.3) is 5.57 Å². The van der Waals surface area contributed by atoms with Gasteiger partial charge in [0.15, 0.2) is 0 Å². The SMILES string of the molecule is CCc1ccc(N2C(=O)C(Nc3ccccc3OC)=C(c3ccc(OC)cc3)C2=O)cc1. The van der Waals surface area contributed by atoms with Crippen molar-refractivity contribution in [2.75, 3.05) is 24.4 Å². The molecule has 32 heavy (non-hydrogen) atoms. The molecular formula is C26H24N2O4. The average Bonchev–Trinajstić information content (AvgIpc) is 3.08. The fourth-order valence-corrected chi connectivity index (χ4v) is 3.67. The Morgan fingerprint density at radius 3 is 2.12 bits per heavy atom. The summed E-state index contributed by atoms with van der Waals surface area (Å²) in [4.78, 5) is 28.2. The predicted molar refractivity (Wildman–Crippen MR) is 125 cm³/mol. The fourth-order valence-electron chi connectivity index (χ4n) is 3.67. The lowest BCUT2D eigenvalue weighted by molar-refractivity contribution is -0.120. The maximum atomic E-state index is 13.5. The Kier molecular flexibility index (Phi) is 5.94. The molecule has 1 aliphatic rings. The molecule has 0 aliphatic carbocycles. The Balaban J connectivity index is 1.81.